The molecule has 1 aromatic heterocycles. The van der Waals surface area contributed by atoms with Gasteiger partial charge >= 0.3 is 108 Å². The van der Waals surface area contributed by atoms with Crippen LogP contribution < -0.4 is 4.40 Å². The average molecular weight is 308 g/mol. The van der Waals surface area contributed by atoms with Crippen LogP contribution in [0.2, 0.25) is 17.3 Å². The normalized spacial score (nSPS) is 11.6. The molecule has 0 aliphatic carbocycles. The van der Waals surface area contributed by atoms with Crippen molar-refractivity contribution in [3.63, 3.8) is 0 Å². The van der Waals surface area contributed by atoms with Gasteiger partial charge in [-0.2, -0.15) is 0 Å². The summed E-state index contributed by atoms with van der Waals surface area (Å²) >= 11 is -1.89. The Kier molecular flexibility index (Phi) is 3.52. The third-order valence-electron chi connectivity index (χ3n) is 2.84. The fraction of sp³-hybridized carbons (Fsp3) is 0.214. The zero-order chi connectivity index (χ0) is 13.3. The second kappa shape index (κ2) is 4.80. The van der Waals surface area contributed by atoms with Gasteiger partial charge in [-0.1, -0.05) is 0 Å². The first-order valence-electron chi connectivity index (χ1n) is 5.80. The Balaban J connectivity index is 2.41. The van der Waals surface area contributed by atoms with Crippen molar-refractivity contribution in [2.45, 2.75) is 17.3 Å². The van der Waals surface area contributed by atoms with Gasteiger partial charge in [0.2, 0.25) is 0 Å². The van der Waals surface area contributed by atoms with Gasteiger partial charge in [0.1, 0.15) is 0 Å². The molecule has 0 unspecified atom stereocenters. The first-order chi connectivity index (χ1) is 8.38. The van der Waals surface area contributed by atoms with Gasteiger partial charge in [0, 0.05) is 0 Å². The number of nitrogens with zero attached hydrogens (tertiary/aromatic N) is 1. The topological polar surface area (TPSA) is 12.9 Å². The van der Waals surface area contributed by atoms with Crippen molar-refractivity contribution in [1.29, 1.82) is 0 Å². The van der Waals surface area contributed by atoms with Gasteiger partial charge < -0.3 is 0 Å². The van der Waals surface area contributed by atoms with Crippen molar-refractivity contribution in [3.8, 4) is 11.3 Å². The minimum absolute atomic E-state index is 0.337. The molecule has 0 atom stereocenters. The number of hydrogen-bond donors (Lipinski definition) is 0. The van der Waals surface area contributed by atoms with Crippen LogP contribution in [0.15, 0.2) is 36.5 Å². The van der Waals surface area contributed by atoms with Gasteiger partial charge in [0.05, 0.1) is 0 Å². The molecule has 0 fully saturated rings. The molecule has 4 heteroatoms. The van der Waals surface area contributed by atoms with E-state index in [4.69, 9.17) is 0 Å². The molecule has 1 heterocycles. The Morgan fingerprint density at radius 1 is 1.00 bits per heavy atom. The van der Waals surface area contributed by atoms with Gasteiger partial charge in [-0.05, 0) is 0 Å². The summed E-state index contributed by atoms with van der Waals surface area (Å²) in [7, 11) is 0. The van der Waals surface area contributed by atoms with E-state index in [0.29, 0.717) is 11.3 Å². The molecule has 0 N–H and O–H groups in total. The quantitative estimate of drug-likeness (QED) is 0.773. The number of benzene rings is 1. The first kappa shape index (κ1) is 13.2. The van der Waals surface area contributed by atoms with E-state index in [1.807, 2.05) is 18.3 Å². The van der Waals surface area contributed by atoms with Crippen LogP contribution >= 0.6 is 0 Å². The van der Waals surface area contributed by atoms with Crippen LogP contribution in [0.1, 0.15) is 0 Å². The molecule has 0 aliphatic heterocycles. The van der Waals surface area contributed by atoms with Crippen molar-refractivity contribution in [2.75, 3.05) is 0 Å². The molecule has 0 saturated heterocycles. The fourth-order valence-corrected chi connectivity index (χ4v) is 3.87. The predicted molar refractivity (Wildman–Crippen MR) is 72.6 cm³/mol. The van der Waals surface area contributed by atoms with E-state index >= 15 is 0 Å². The third-order valence-corrected chi connectivity index (χ3v) is 7.09. The molecule has 18 heavy (non-hydrogen) atoms. The summed E-state index contributed by atoms with van der Waals surface area (Å²) in [6, 6.07) is 7.36. The minimum atomic E-state index is -1.89. The maximum absolute atomic E-state index is 13.6. The molecule has 94 valence electrons. The predicted octanol–water partition coefficient (Wildman–Crippen LogP) is 3.57. The third kappa shape index (κ3) is 2.78. The van der Waals surface area contributed by atoms with Crippen LogP contribution in [-0.2, 0) is 0 Å². The summed E-state index contributed by atoms with van der Waals surface area (Å²) in [5.74, 6) is 5.67. The van der Waals surface area contributed by atoms with E-state index < -0.39 is 24.9 Å². The Bertz CT molecular complexity index is 559. The first-order valence-corrected chi connectivity index (χ1v) is 13.1. The molecule has 2 rings (SSSR count). The monoisotopic (exact) mass is 309 g/mol. The fourth-order valence-electron chi connectivity index (χ4n) is 1.69. The summed E-state index contributed by atoms with van der Waals surface area (Å²) in [4.78, 5) is 4.29. The van der Waals surface area contributed by atoms with Crippen molar-refractivity contribution in [2.24, 2.45) is 0 Å². The van der Waals surface area contributed by atoms with Crippen LogP contribution in [0, 0.1) is 11.6 Å². The molecule has 0 aliphatic rings. The van der Waals surface area contributed by atoms with Gasteiger partial charge in [-0.15, -0.1) is 0 Å². The zero-order valence-corrected chi connectivity index (χ0v) is 12.8. The van der Waals surface area contributed by atoms with Crippen molar-refractivity contribution >= 4 is 17.7 Å². The van der Waals surface area contributed by atoms with Crippen LogP contribution in [0.25, 0.3) is 11.3 Å². The number of aromatic nitrogens is 1. The van der Waals surface area contributed by atoms with Gasteiger partial charge in [0.25, 0.3) is 0 Å². The van der Waals surface area contributed by atoms with E-state index in [2.05, 4.69) is 22.3 Å². The standard InChI is InChI=1S/C14H15F2GeN/c1-17(2,3)11-5-7-14(18-9-11)12-6-4-10(15)8-13(12)16/h4-9H,1-3H3. The molecule has 0 bridgehead atoms. The molecule has 1 nitrogen and oxygen atoms in total. The Morgan fingerprint density at radius 3 is 2.22 bits per heavy atom. The van der Waals surface area contributed by atoms with Gasteiger partial charge in [-0.3, -0.25) is 0 Å². The summed E-state index contributed by atoms with van der Waals surface area (Å²) < 4.78 is 27.7. The van der Waals surface area contributed by atoms with E-state index in [9.17, 15) is 8.78 Å². The van der Waals surface area contributed by atoms with Gasteiger partial charge in [0.15, 0.2) is 0 Å². The Morgan fingerprint density at radius 2 is 1.72 bits per heavy atom. The average Bonchev–Trinajstić information content (AvgIpc) is 2.28. The van der Waals surface area contributed by atoms with Crippen molar-refractivity contribution in [1.82, 2.24) is 4.98 Å². The summed E-state index contributed by atoms with van der Waals surface area (Å²) in [5.41, 5.74) is 0.882. The molecule has 0 spiro atoms. The van der Waals surface area contributed by atoms with Gasteiger partial charge in [-0.25, -0.2) is 0 Å². The summed E-state index contributed by atoms with van der Waals surface area (Å²) in [5, 5.41) is 0. The van der Waals surface area contributed by atoms with Crippen LogP contribution in [0.3, 0.4) is 0 Å². The summed E-state index contributed by atoms with van der Waals surface area (Å²) in [6.07, 6.45) is 1.82. The Hall–Kier alpha value is -1.23. The second-order valence-electron chi connectivity index (χ2n) is 5.31. The number of pyridine rings is 1. The molecular formula is C14H15F2GeN. The molecule has 2 aromatic rings. The summed E-state index contributed by atoms with van der Waals surface area (Å²) in [6.45, 7) is 0. The van der Waals surface area contributed by atoms with Crippen molar-refractivity contribution < 1.29 is 8.78 Å². The molecule has 0 saturated carbocycles. The molecular weight excluding hydrogens is 293 g/mol. The number of halogens is 2. The SMILES string of the molecule is [CH3][Ge]([CH3])([CH3])[c]1ccc(-c2ccc(F)cc2F)nc1. The van der Waals surface area contributed by atoms with Crippen LogP contribution in [0.4, 0.5) is 8.78 Å². The van der Waals surface area contributed by atoms with E-state index in [1.165, 1.54) is 16.5 Å². The molecule has 0 radical (unpaired) electrons. The van der Waals surface area contributed by atoms with Crippen LogP contribution in [0.5, 0.6) is 0 Å². The maximum atomic E-state index is 13.6. The zero-order valence-electron chi connectivity index (χ0n) is 10.7. The van der Waals surface area contributed by atoms with E-state index in [-0.39, 0.29) is 0 Å². The van der Waals surface area contributed by atoms with Crippen LogP contribution in [-0.4, -0.2) is 18.3 Å². The Labute approximate surface area is 108 Å². The molecule has 0 amide bonds. The van der Waals surface area contributed by atoms with Crippen molar-refractivity contribution in [3.05, 3.63) is 48.2 Å². The molecule has 1 aromatic carbocycles. The second-order valence-corrected chi connectivity index (χ2v) is 16.0. The number of rotatable bonds is 2. The number of hydrogen-bond acceptors (Lipinski definition) is 1. The van der Waals surface area contributed by atoms with E-state index in [1.54, 1.807) is 0 Å². The van der Waals surface area contributed by atoms with E-state index in [0.717, 1.165) is 6.07 Å².